The first-order chi connectivity index (χ1) is 7.47. The van der Waals surface area contributed by atoms with Crippen LogP contribution in [0.4, 0.5) is 13.2 Å². The molecule has 17 heavy (non-hydrogen) atoms. The van der Waals surface area contributed by atoms with Gasteiger partial charge in [0, 0.05) is 18.8 Å². The van der Waals surface area contributed by atoms with E-state index in [1.165, 1.54) is 0 Å². The van der Waals surface area contributed by atoms with Gasteiger partial charge in [0.05, 0.1) is 5.75 Å². The molecule has 1 N–H and O–H groups in total. The van der Waals surface area contributed by atoms with Gasteiger partial charge in [0.15, 0.2) is 0 Å². The summed E-state index contributed by atoms with van der Waals surface area (Å²) in [6.07, 6.45) is -5.84. The number of alkyl halides is 4. The molecule has 8 heteroatoms. The molecule has 0 rings (SSSR count). The number of nitrogens with one attached hydrogen (secondary N) is 1. The molecule has 0 atom stereocenters. The molecule has 0 saturated carbocycles. The molecule has 0 aliphatic rings. The lowest BCUT2D eigenvalue weighted by Gasteiger charge is -2.21. The van der Waals surface area contributed by atoms with Crippen LogP contribution in [0.1, 0.15) is 26.7 Å². The fraction of sp³-hybridized carbons (Fsp3) is 1.00. The van der Waals surface area contributed by atoms with E-state index in [0.717, 1.165) is 0 Å². The third-order valence-corrected chi connectivity index (χ3v) is 4.14. The van der Waals surface area contributed by atoms with Crippen LogP contribution in [0.15, 0.2) is 0 Å². The molecule has 0 radical (unpaired) electrons. The van der Waals surface area contributed by atoms with Crippen molar-refractivity contribution >= 4 is 21.6 Å². The Balaban J connectivity index is 4.06. The summed E-state index contributed by atoms with van der Waals surface area (Å²) < 4.78 is 60.5. The molecular weight excluding hydrogens is 279 g/mol. The molecule has 0 aromatic carbocycles. The predicted molar refractivity (Wildman–Crippen MR) is 61.6 cm³/mol. The van der Waals surface area contributed by atoms with Crippen molar-refractivity contribution in [2.45, 2.75) is 32.9 Å². The van der Waals surface area contributed by atoms with Gasteiger partial charge in [-0.25, -0.2) is 13.1 Å². The Morgan fingerprint density at radius 1 is 1.24 bits per heavy atom. The number of sulfonamides is 1. The lowest BCUT2D eigenvalue weighted by Crippen LogP contribution is -2.36. The molecule has 0 spiro atoms. The van der Waals surface area contributed by atoms with Gasteiger partial charge in [-0.1, -0.05) is 13.8 Å². The van der Waals surface area contributed by atoms with E-state index in [-0.39, 0.29) is 12.4 Å². The topological polar surface area (TPSA) is 46.2 Å². The highest BCUT2D eigenvalue weighted by Gasteiger charge is 2.27. The van der Waals surface area contributed by atoms with Crippen molar-refractivity contribution in [3.8, 4) is 0 Å². The molecule has 0 fully saturated rings. The van der Waals surface area contributed by atoms with E-state index < -0.39 is 40.2 Å². The second-order valence-electron chi connectivity index (χ2n) is 4.66. The monoisotopic (exact) mass is 295 g/mol. The van der Waals surface area contributed by atoms with Gasteiger partial charge in [-0.15, -0.1) is 11.6 Å². The maximum Gasteiger partial charge on any atom is 0.389 e. The van der Waals surface area contributed by atoms with Crippen LogP contribution in [0.25, 0.3) is 0 Å². The highest BCUT2D eigenvalue weighted by molar-refractivity contribution is 7.89. The van der Waals surface area contributed by atoms with Crippen LogP contribution in [0.5, 0.6) is 0 Å². The van der Waals surface area contributed by atoms with Crippen LogP contribution in [-0.4, -0.2) is 32.8 Å². The summed E-state index contributed by atoms with van der Waals surface area (Å²) in [6.45, 7) is 3.64. The fourth-order valence-corrected chi connectivity index (χ4v) is 2.26. The second-order valence-corrected chi connectivity index (χ2v) is 6.85. The highest BCUT2D eigenvalue weighted by atomic mass is 35.5. The lowest BCUT2D eigenvalue weighted by atomic mass is 9.97. The summed E-state index contributed by atoms with van der Waals surface area (Å²) in [7, 11) is -3.66. The van der Waals surface area contributed by atoms with Gasteiger partial charge in [-0.2, -0.15) is 13.2 Å². The zero-order chi connectivity index (χ0) is 13.7. The fourth-order valence-electron chi connectivity index (χ4n) is 0.887. The Morgan fingerprint density at radius 2 is 1.76 bits per heavy atom. The quantitative estimate of drug-likeness (QED) is 0.734. The van der Waals surface area contributed by atoms with Crippen LogP contribution in [0.3, 0.4) is 0 Å². The minimum Gasteiger partial charge on any atom is -0.215 e. The third kappa shape index (κ3) is 9.67. The van der Waals surface area contributed by atoms with Gasteiger partial charge in [-0.05, 0) is 11.8 Å². The van der Waals surface area contributed by atoms with E-state index in [4.69, 9.17) is 11.6 Å². The molecule has 3 nitrogen and oxygen atoms in total. The average Bonchev–Trinajstić information content (AvgIpc) is 2.13. The van der Waals surface area contributed by atoms with Crippen LogP contribution < -0.4 is 4.72 Å². The molecule has 0 aliphatic carbocycles. The van der Waals surface area contributed by atoms with Crippen LogP contribution in [-0.2, 0) is 10.0 Å². The zero-order valence-electron chi connectivity index (χ0n) is 9.77. The van der Waals surface area contributed by atoms with E-state index in [2.05, 4.69) is 4.72 Å². The van der Waals surface area contributed by atoms with Crippen LogP contribution >= 0.6 is 11.6 Å². The minimum absolute atomic E-state index is 0.116. The number of rotatable bonds is 7. The third-order valence-electron chi connectivity index (χ3n) is 2.01. The van der Waals surface area contributed by atoms with Gasteiger partial charge in [0.2, 0.25) is 10.0 Å². The van der Waals surface area contributed by atoms with E-state index in [1.807, 2.05) is 0 Å². The Labute approximate surface area is 105 Å². The lowest BCUT2D eigenvalue weighted by molar-refractivity contribution is -0.134. The molecule has 0 amide bonds. The average molecular weight is 296 g/mol. The van der Waals surface area contributed by atoms with Crippen molar-refractivity contribution in [3.63, 3.8) is 0 Å². The van der Waals surface area contributed by atoms with Crippen LogP contribution in [0.2, 0.25) is 0 Å². The standard InChI is InChI=1S/C9H17ClF3NO2S/c1-8(2,6-10)7-14-17(15,16)5-3-4-9(11,12)13/h14H,3-7H2,1-2H3. The van der Waals surface area contributed by atoms with Crippen molar-refractivity contribution in [2.24, 2.45) is 5.41 Å². The number of hydrogen-bond acceptors (Lipinski definition) is 2. The summed E-state index contributed by atoms with van der Waals surface area (Å²) in [5.41, 5.74) is -0.418. The molecule has 0 bridgehead atoms. The minimum atomic E-state index is -4.31. The second kappa shape index (κ2) is 6.24. The Hall–Kier alpha value is -0.0100. The molecule has 0 aromatic heterocycles. The van der Waals surface area contributed by atoms with Crippen molar-refractivity contribution < 1.29 is 21.6 Å². The number of hydrogen-bond donors (Lipinski definition) is 1. The summed E-state index contributed by atoms with van der Waals surface area (Å²) in [5, 5.41) is 0. The Kier molecular flexibility index (Phi) is 6.24. The van der Waals surface area contributed by atoms with Crippen molar-refractivity contribution in [3.05, 3.63) is 0 Å². The molecule has 0 unspecified atom stereocenters. The summed E-state index contributed by atoms with van der Waals surface area (Å²) >= 11 is 5.60. The first-order valence-corrected chi connectivity index (χ1v) is 7.26. The molecule has 0 saturated heterocycles. The summed E-state index contributed by atoms with van der Waals surface area (Å²) in [5.74, 6) is -0.261. The smallest absolute Gasteiger partial charge is 0.215 e. The van der Waals surface area contributed by atoms with Crippen molar-refractivity contribution in [1.29, 1.82) is 0 Å². The maximum atomic E-state index is 11.8. The summed E-state index contributed by atoms with van der Waals surface area (Å²) in [6, 6.07) is 0. The van der Waals surface area contributed by atoms with Gasteiger partial charge in [0.25, 0.3) is 0 Å². The van der Waals surface area contributed by atoms with Gasteiger partial charge >= 0.3 is 6.18 Å². The highest BCUT2D eigenvalue weighted by Crippen LogP contribution is 2.21. The summed E-state index contributed by atoms with van der Waals surface area (Å²) in [4.78, 5) is 0. The first-order valence-electron chi connectivity index (χ1n) is 5.07. The predicted octanol–water partition coefficient (Wildman–Crippen LogP) is 2.51. The largest absolute Gasteiger partial charge is 0.389 e. The molecular formula is C9H17ClF3NO2S. The molecule has 0 heterocycles. The van der Waals surface area contributed by atoms with Gasteiger partial charge in [0.1, 0.15) is 0 Å². The van der Waals surface area contributed by atoms with Crippen molar-refractivity contribution in [2.75, 3.05) is 18.2 Å². The van der Waals surface area contributed by atoms with E-state index >= 15 is 0 Å². The van der Waals surface area contributed by atoms with E-state index in [1.54, 1.807) is 13.8 Å². The molecule has 0 aliphatic heterocycles. The normalized spacial score (nSPS) is 14.0. The number of halogens is 4. The Morgan fingerprint density at radius 3 is 2.18 bits per heavy atom. The van der Waals surface area contributed by atoms with Gasteiger partial charge in [-0.3, -0.25) is 0 Å². The zero-order valence-corrected chi connectivity index (χ0v) is 11.3. The van der Waals surface area contributed by atoms with Crippen LogP contribution in [0, 0.1) is 5.41 Å². The molecule has 0 aromatic rings. The van der Waals surface area contributed by atoms with Crippen molar-refractivity contribution in [1.82, 2.24) is 4.72 Å². The molecule has 104 valence electrons. The van der Waals surface area contributed by atoms with Gasteiger partial charge < -0.3 is 0 Å². The first kappa shape index (κ1) is 17.0. The Bertz CT molecular complexity index is 328. The van der Waals surface area contributed by atoms with E-state index in [0.29, 0.717) is 0 Å². The SMILES string of the molecule is CC(C)(CCl)CNS(=O)(=O)CCCC(F)(F)F. The maximum absolute atomic E-state index is 11.8. The van der Waals surface area contributed by atoms with E-state index in [9.17, 15) is 21.6 Å².